The summed E-state index contributed by atoms with van der Waals surface area (Å²) in [6, 6.07) is 17.3. The normalized spacial score (nSPS) is 10.5. The summed E-state index contributed by atoms with van der Waals surface area (Å²) in [4.78, 5) is 21.9. The van der Waals surface area contributed by atoms with E-state index < -0.39 is 5.97 Å². The van der Waals surface area contributed by atoms with Gasteiger partial charge in [0.2, 0.25) is 5.89 Å². The number of hydrogen-bond donors (Lipinski definition) is 1. The van der Waals surface area contributed by atoms with Gasteiger partial charge in [-0.15, -0.1) is 0 Å². The van der Waals surface area contributed by atoms with Crippen molar-refractivity contribution in [1.82, 2.24) is 10.5 Å². The fraction of sp³-hybridized carbons (Fsp3) is 0.280. The predicted molar refractivity (Wildman–Crippen MR) is 120 cm³/mol. The molecule has 7 heteroatoms. The lowest BCUT2D eigenvalue weighted by atomic mass is 10.2. The third-order valence-corrected chi connectivity index (χ3v) is 4.60. The first-order valence-corrected chi connectivity index (χ1v) is 10.4. The van der Waals surface area contributed by atoms with E-state index in [0.717, 1.165) is 28.2 Å². The van der Waals surface area contributed by atoms with Crippen molar-refractivity contribution in [1.29, 1.82) is 0 Å². The predicted octanol–water partition coefficient (Wildman–Crippen LogP) is 5.11. The maximum atomic E-state index is 11.9. The lowest BCUT2D eigenvalue weighted by Crippen LogP contribution is -2.24. The van der Waals surface area contributed by atoms with Crippen LogP contribution >= 0.6 is 0 Å². The Kier molecular flexibility index (Phi) is 8.05. The molecule has 1 N–H and O–H groups in total. The molecule has 7 nitrogen and oxygen atoms in total. The molecule has 0 saturated heterocycles. The second-order valence-corrected chi connectivity index (χ2v) is 7.31. The van der Waals surface area contributed by atoms with E-state index in [2.05, 4.69) is 10.5 Å². The molecule has 0 radical (unpaired) electrons. The second-order valence-electron chi connectivity index (χ2n) is 7.31. The Morgan fingerprint density at radius 2 is 1.75 bits per heavy atom. The van der Waals surface area contributed by atoms with Crippen molar-refractivity contribution in [3.63, 3.8) is 0 Å². The van der Waals surface area contributed by atoms with E-state index in [0.29, 0.717) is 30.6 Å². The van der Waals surface area contributed by atoms with Crippen LogP contribution in [0.1, 0.15) is 37.8 Å². The number of allylic oxidation sites excluding steroid dienone is 1. The van der Waals surface area contributed by atoms with Crippen molar-refractivity contribution in [2.45, 2.75) is 40.9 Å². The number of benzene rings is 2. The first-order valence-electron chi connectivity index (χ1n) is 10.4. The van der Waals surface area contributed by atoms with Crippen LogP contribution in [0.4, 0.5) is 0 Å². The molecule has 2 aromatic carbocycles. The molecule has 0 amide bonds. The second kappa shape index (κ2) is 11.2. The Labute approximate surface area is 188 Å². The minimum Gasteiger partial charge on any atom is -0.487 e. The molecule has 0 atom stereocenters. The van der Waals surface area contributed by atoms with E-state index in [1.807, 2.05) is 75.4 Å². The molecule has 3 rings (SSSR count). The highest BCUT2D eigenvalue weighted by atomic mass is 16.6. The third kappa shape index (κ3) is 6.21. The lowest BCUT2D eigenvalue weighted by molar-refractivity contribution is -0.140. The van der Waals surface area contributed by atoms with E-state index in [1.165, 1.54) is 0 Å². The number of nitrogens with zero attached hydrogens (tertiary/aromatic N) is 1. The van der Waals surface area contributed by atoms with Gasteiger partial charge in [-0.2, -0.15) is 0 Å². The van der Waals surface area contributed by atoms with Gasteiger partial charge in [0.05, 0.1) is 13.2 Å². The smallest absolute Gasteiger partial charge is 0.356 e. The number of esters is 1. The van der Waals surface area contributed by atoms with Gasteiger partial charge in [0.15, 0.2) is 0 Å². The number of aromatic nitrogens is 1. The van der Waals surface area contributed by atoms with E-state index in [9.17, 15) is 4.79 Å². The molecule has 32 heavy (non-hydrogen) atoms. The van der Waals surface area contributed by atoms with Gasteiger partial charge in [-0.05, 0) is 63.1 Å². The summed E-state index contributed by atoms with van der Waals surface area (Å²) >= 11 is 0. The average molecular weight is 437 g/mol. The van der Waals surface area contributed by atoms with Gasteiger partial charge in [-0.1, -0.05) is 30.3 Å². The number of ether oxygens (including phenoxy) is 2. The molecule has 0 aliphatic heterocycles. The molecule has 1 heterocycles. The highest BCUT2D eigenvalue weighted by Gasteiger charge is 2.13. The molecule has 0 aliphatic carbocycles. The average Bonchev–Trinajstić information content (AvgIpc) is 3.17. The van der Waals surface area contributed by atoms with Crippen molar-refractivity contribution in [2.24, 2.45) is 0 Å². The molecule has 168 valence electrons. The van der Waals surface area contributed by atoms with Crippen LogP contribution in [0.15, 0.2) is 70.3 Å². The van der Waals surface area contributed by atoms with Crippen molar-refractivity contribution in [3.8, 4) is 17.2 Å². The SMILES string of the molecule is CCOC(=O)C(NOCc1ccc(OCc2nc(-c3ccccc3)oc2C)cc1)=C(C)C. The summed E-state index contributed by atoms with van der Waals surface area (Å²) in [7, 11) is 0. The number of nitrogens with one attached hydrogen (secondary N) is 1. The number of carbonyl (C=O) groups is 1. The van der Waals surface area contributed by atoms with Gasteiger partial charge < -0.3 is 13.9 Å². The molecule has 3 aromatic rings. The lowest BCUT2D eigenvalue weighted by Gasteiger charge is -2.12. The van der Waals surface area contributed by atoms with Gasteiger partial charge in [0.25, 0.3) is 0 Å². The number of carbonyl (C=O) groups excluding carboxylic acids is 1. The Bertz CT molecular complexity index is 1050. The maximum absolute atomic E-state index is 11.9. The monoisotopic (exact) mass is 436 g/mol. The van der Waals surface area contributed by atoms with Gasteiger partial charge >= 0.3 is 5.97 Å². The Balaban J connectivity index is 1.52. The zero-order valence-electron chi connectivity index (χ0n) is 18.8. The van der Waals surface area contributed by atoms with Crippen LogP contribution in [-0.4, -0.2) is 17.6 Å². The minimum absolute atomic E-state index is 0.277. The molecule has 0 saturated carbocycles. The summed E-state index contributed by atoms with van der Waals surface area (Å²) in [5, 5.41) is 0. The van der Waals surface area contributed by atoms with E-state index in [1.54, 1.807) is 6.92 Å². The summed E-state index contributed by atoms with van der Waals surface area (Å²) in [6.45, 7) is 8.16. The summed E-state index contributed by atoms with van der Waals surface area (Å²) < 4.78 is 16.6. The standard InChI is InChI=1S/C25H28N2O5/c1-5-29-25(28)23(17(2)3)27-31-15-19-11-13-21(14-12-19)30-16-22-18(4)32-24(26-22)20-9-7-6-8-10-20/h6-14,27H,5,15-16H2,1-4H3. The van der Waals surface area contributed by atoms with Crippen LogP contribution in [0, 0.1) is 6.92 Å². The molecule has 0 bridgehead atoms. The maximum Gasteiger partial charge on any atom is 0.356 e. The fourth-order valence-electron chi connectivity index (χ4n) is 2.84. The van der Waals surface area contributed by atoms with Crippen molar-refractivity contribution in [3.05, 3.63) is 82.9 Å². The molecule has 0 fully saturated rings. The minimum atomic E-state index is -0.435. The summed E-state index contributed by atoms with van der Waals surface area (Å²) in [5.74, 6) is 1.59. The van der Waals surface area contributed by atoms with Crippen LogP contribution in [0.2, 0.25) is 0 Å². The highest BCUT2D eigenvalue weighted by Crippen LogP contribution is 2.23. The van der Waals surface area contributed by atoms with E-state index >= 15 is 0 Å². The summed E-state index contributed by atoms with van der Waals surface area (Å²) in [5.41, 5.74) is 6.39. The first-order chi connectivity index (χ1) is 15.5. The number of rotatable bonds is 10. The summed E-state index contributed by atoms with van der Waals surface area (Å²) in [6.07, 6.45) is 0. The topological polar surface area (TPSA) is 82.8 Å². The van der Waals surface area contributed by atoms with Gasteiger partial charge in [-0.3, -0.25) is 10.3 Å². The number of aryl methyl sites for hydroxylation is 1. The largest absolute Gasteiger partial charge is 0.487 e. The van der Waals surface area contributed by atoms with Gasteiger partial charge in [0.1, 0.15) is 29.5 Å². The fourth-order valence-corrected chi connectivity index (χ4v) is 2.84. The third-order valence-electron chi connectivity index (χ3n) is 4.60. The van der Waals surface area contributed by atoms with Gasteiger partial charge in [0, 0.05) is 5.56 Å². The first kappa shape index (κ1) is 23.1. The molecule has 0 unspecified atom stereocenters. The zero-order chi connectivity index (χ0) is 22.9. The Morgan fingerprint density at radius 3 is 2.41 bits per heavy atom. The van der Waals surface area contributed by atoms with Crippen LogP contribution in [-0.2, 0) is 27.6 Å². The Hall–Kier alpha value is -3.58. The molecule has 0 spiro atoms. The molecular weight excluding hydrogens is 408 g/mol. The molecular formula is C25H28N2O5. The quantitative estimate of drug-likeness (QED) is 0.269. The van der Waals surface area contributed by atoms with Crippen LogP contribution < -0.4 is 10.2 Å². The van der Waals surface area contributed by atoms with Gasteiger partial charge in [-0.25, -0.2) is 9.78 Å². The van der Waals surface area contributed by atoms with Crippen LogP contribution in [0.3, 0.4) is 0 Å². The zero-order valence-corrected chi connectivity index (χ0v) is 18.8. The Morgan fingerprint density at radius 1 is 1.03 bits per heavy atom. The number of hydroxylamine groups is 1. The van der Waals surface area contributed by atoms with Crippen molar-refractivity contribution < 1.29 is 23.5 Å². The van der Waals surface area contributed by atoms with Crippen molar-refractivity contribution in [2.75, 3.05) is 6.61 Å². The molecule has 0 aliphatic rings. The van der Waals surface area contributed by atoms with Crippen LogP contribution in [0.25, 0.3) is 11.5 Å². The highest BCUT2D eigenvalue weighted by molar-refractivity contribution is 5.88. The number of hydrogen-bond acceptors (Lipinski definition) is 7. The van der Waals surface area contributed by atoms with Crippen molar-refractivity contribution >= 4 is 5.97 Å². The van der Waals surface area contributed by atoms with E-state index in [4.69, 9.17) is 18.7 Å². The number of oxazole rings is 1. The molecule has 1 aromatic heterocycles. The van der Waals surface area contributed by atoms with Crippen LogP contribution in [0.5, 0.6) is 5.75 Å². The van der Waals surface area contributed by atoms with E-state index in [-0.39, 0.29) is 6.61 Å².